The lowest BCUT2D eigenvalue weighted by molar-refractivity contribution is -0.168. The first-order valence-corrected chi connectivity index (χ1v) is 7.16. The molecule has 20 heavy (non-hydrogen) atoms. The van der Waals surface area contributed by atoms with Crippen molar-refractivity contribution in [3.05, 3.63) is 23.8 Å². The molecule has 0 N–H and O–H groups in total. The van der Waals surface area contributed by atoms with Crippen LogP contribution < -0.4 is 0 Å². The third kappa shape index (κ3) is 2.79. The summed E-state index contributed by atoms with van der Waals surface area (Å²) in [6.45, 7) is 0. The van der Waals surface area contributed by atoms with Gasteiger partial charge in [-0.2, -0.15) is 0 Å². The van der Waals surface area contributed by atoms with Crippen molar-refractivity contribution in [2.24, 2.45) is 11.3 Å². The lowest BCUT2D eigenvalue weighted by Crippen LogP contribution is -2.39. The predicted molar refractivity (Wildman–Crippen MR) is 74.9 cm³/mol. The van der Waals surface area contributed by atoms with Gasteiger partial charge in [-0.1, -0.05) is 36.6 Å². The van der Waals surface area contributed by atoms with Gasteiger partial charge in [-0.05, 0) is 31.6 Å². The average molecular weight is 278 g/mol. The first-order valence-electron chi connectivity index (χ1n) is 7.16. The Morgan fingerprint density at radius 2 is 1.80 bits per heavy atom. The maximum Gasteiger partial charge on any atom is 0.323 e. The van der Waals surface area contributed by atoms with E-state index in [1.807, 2.05) is 6.08 Å². The molecule has 0 amide bonds. The molecule has 1 fully saturated rings. The zero-order chi connectivity index (χ0) is 14.6. The van der Waals surface area contributed by atoms with Gasteiger partial charge in [0.05, 0.1) is 14.2 Å². The third-order valence-electron chi connectivity index (χ3n) is 4.35. The fraction of sp³-hybridized carbons (Fsp3) is 0.625. The van der Waals surface area contributed by atoms with Gasteiger partial charge in [0.1, 0.15) is 0 Å². The van der Waals surface area contributed by atoms with Crippen LogP contribution >= 0.6 is 0 Å². The normalized spacial score (nSPS) is 22.0. The van der Waals surface area contributed by atoms with Crippen LogP contribution in [0.2, 0.25) is 0 Å². The molecule has 2 aliphatic rings. The summed E-state index contributed by atoms with van der Waals surface area (Å²) >= 11 is 0. The number of rotatable bonds is 4. The van der Waals surface area contributed by atoms with Crippen molar-refractivity contribution in [3.63, 3.8) is 0 Å². The Labute approximate surface area is 119 Å². The maximum absolute atomic E-state index is 12.0. The SMILES string of the molecule is COC(=O)C1(C(=O)OC)CC=C(/C=C/C2CCCC2)C1. The summed E-state index contributed by atoms with van der Waals surface area (Å²) in [5.74, 6) is -0.378. The second-order valence-corrected chi connectivity index (χ2v) is 5.63. The van der Waals surface area contributed by atoms with Crippen LogP contribution in [0.3, 0.4) is 0 Å². The third-order valence-corrected chi connectivity index (χ3v) is 4.35. The van der Waals surface area contributed by atoms with Gasteiger partial charge in [0.2, 0.25) is 0 Å². The van der Waals surface area contributed by atoms with E-state index < -0.39 is 17.4 Å². The van der Waals surface area contributed by atoms with Gasteiger partial charge in [0, 0.05) is 0 Å². The van der Waals surface area contributed by atoms with E-state index in [-0.39, 0.29) is 0 Å². The summed E-state index contributed by atoms with van der Waals surface area (Å²) in [6, 6.07) is 0. The highest BCUT2D eigenvalue weighted by Crippen LogP contribution is 2.40. The molecule has 0 aliphatic heterocycles. The van der Waals surface area contributed by atoms with Crippen LogP contribution in [-0.2, 0) is 19.1 Å². The van der Waals surface area contributed by atoms with Gasteiger partial charge in [0.25, 0.3) is 0 Å². The van der Waals surface area contributed by atoms with Crippen molar-refractivity contribution in [1.82, 2.24) is 0 Å². The largest absolute Gasteiger partial charge is 0.468 e. The number of ether oxygens (including phenoxy) is 2. The predicted octanol–water partition coefficient (Wildman–Crippen LogP) is 2.79. The topological polar surface area (TPSA) is 52.6 Å². The summed E-state index contributed by atoms with van der Waals surface area (Å²) < 4.78 is 9.58. The molecule has 0 unspecified atom stereocenters. The molecule has 0 aromatic rings. The zero-order valence-electron chi connectivity index (χ0n) is 12.2. The number of hydrogen-bond donors (Lipinski definition) is 0. The average Bonchev–Trinajstić information content (AvgIpc) is 3.13. The fourth-order valence-electron chi connectivity index (χ4n) is 3.12. The van der Waals surface area contributed by atoms with Crippen LogP contribution in [0.25, 0.3) is 0 Å². The number of carbonyl (C=O) groups is 2. The highest BCUT2D eigenvalue weighted by Gasteiger charge is 2.50. The zero-order valence-corrected chi connectivity index (χ0v) is 12.2. The molecule has 0 aromatic carbocycles. The molecular formula is C16H22O4. The van der Waals surface area contributed by atoms with Gasteiger partial charge in [0.15, 0.2) is 5.41 Å². The molecule has 0 aromatic heterocycles. The quantitative estimate of drug-likeness (QED) is 0.586. The van der Waals surface area contributed by atoms with Crippen molar-refractivity contribution in [2.45, 2.75) is 38.5 Å². The first kappa shape index (κ1) is 14.8. The minimum atomic E-state index is -1.18. The minimum Gasteiger partial charge on any atom is -0.468 e. The van der Waals surface area contributed by atoms with Crippen LogP contribution in [0.1, 0.15) is 38.5 Å². The van der Waals surface area contributed by atoms with Crippen molar-refractivity contribution >= 4 is 11.9 Å². The Morgan fingerprint density at radius 3 is 2.35 bits per heavy atom. The van der Waals surface area contributed by atoms with Crippen molar-refractivity contribution in [1.29, 1.82) is 0 Å². The summed E-state index contributed by atoms with van der Waals surface area (Å²) in [7, 11) is 2.61. The summed E-state index contributed by atoms with van der Waals surface area (Å²) in [6.07, 6.45) is 12.0. The van der Waals surface area contributed by atoms with E-state index in [1.54, 1.807) is 0 Å². The van der Waals surface area contributed by atoms with Crippen molar-refractivity contribution < 1.29 is 19.1 Å². The molecule has 4 nitrogen and oxygen atoms in total. The van der Waals surface area contributed by atoms with Crippen LogP contribution in [-0.4, -0.2) is 26.2 Å². The highest BCUT2D eigenvalue weighted by atomic mass is 16.5. The Morgan fingerprint density at radius 1 is 1.20 bits per heavy atom. The van der Waals surface area contributed by atoms with Crippen LogP contribution in [0, 0.1) is 11.3 Å². The van der Waals surface area contributed by atoms with E-state index in [0.717, 1.165) is 5.57 Å². The number of methoxy groups -OCH3 is 2. The van der Waals surface area contributed by atoms with Crippen molar-refractivity contribution in [3.8, 4) is 0 Å². The number of carbonyl (C=O) groups excluding carboxylic acids is 2. The monoisotopic (exact) mass is 278 g/mol. The molecular weight excluding hydrogens is 256 g/mol. The van der Waals surface area contributed by atoms with E-state index in [1.165, 1.54) is 39.9 Å². The molecule has 0 saturated heterocycles. The van der Waals surface area contributed by atoms with Gasteiger partial charge in [-0.25, -0.2) is 0 Å². The molecule has 0 atom stereocenters. The van der Waals surface area contributed by atoms with E-state index >= 15 is 0 Å². The molecule has 110 valence electrons. The summed E-state index contributed by atoms with van der Waals surface area (Å²) in [4.78, 5) is 23.9. The number of allylic oxidation sites excluding steroid dienone is 4. The first-order chi connectivity index (χ1) is 9.62. The number of esters is 2. The maximum atomic E-state index is 12.0. The molecule has 1 saturated carbocycles. The van der Waals surface area contributed by atoms with Gasteiger partial charge in [-0.3, -0.25) is 9.59 Å². The molecule has 0 heterocycles. The molecule has 2 rings (SSSR count). The standard InChI is InChI=1S/C16H22O4/c1-19-14(17)16(15(18)20-2)10-9-13(11-16)8-7-12-5-3-4-6-12/h7-9,12H,3-6,10-11H2,1-2H3/b8-7+. The Kier molecular flexibility index (Phi) is 4.63. The lowest BCUT2D eigenvalue weighted by atomic mass is 9.84. The van der Waals surface area contributed by atoms with E-state index in [0.29, 0.717) is 18.8 Å². The summed E-state index contributed by atoms with van der Waals surface area (Å²) in [5, 5.41) is 0. The van der Waals surface area contributed by atoms with E-state index in [4.69, 9.17) is 9.47 Å². The van der Waals surface area contributed by atoms with Crippen LogP contribution in [0.5, 0.6) is 0 Å². The Balaban J connectivity index is 2.06. The molecule has 4 heteroatoms. The van der Waals surface area contributed by atoms with Crippen LogP contribution in [0.4, 0.5) is 0 Å². The Hall–Kier alpha value is -1.58. The van der Waals surface area contributed by atoms with E-state index in [9.17, 15) is 9.59 Å². The Bertz CT molecular complexity index is 425. The molecule has 2 aliphatic carbocycles. The second-order valence-electron chi connectivity index (χ2n) is 5.63. The fourth-order valence-corrected chi connectivity index (χ4v) is 3.12. The van der Waals surface area contributed by atoms with Crippen molar-refractivity contribution in [2.75, 3.05) is 14.2 Å². The second kappa shape index (κ2) is 6.25. The smallest absolute Gasteiger partial charge is 0.323 e. The lowest BCUT2D eigenvalue weighted by Gasteiger charge is -2.22. The van der Waals surface area contributed by atoms with Gasteiger partial charge < -0.3 is 9.47 Å². The van der Waals surface area contributed by atoms with Crippen LogP contribution in [0.15, 0.2) is 23.8 Å². The highest BCUT2D eigenvalue weighted by molar-refractivity contribution is 6.01. The molecule has 0 radical (unpaired) electrons. The molecule has 0 spiro atoms. The number of hydrogen-bond acceptors (Lipinski definition) is 4. The van der Waals surface area contributed by atoms with Gasteiger partial charge >= 0.3 is 11.9 Å². The minimum absolute atomic E-state index is 0.358. The summed E-state index contributed by atoms with van der Waals surface area (Å²) in [5.41, 5.74) is -0.161. The van der Waals surface area contributed by atoms with E-state index in [2.05, 4.69) is 12.2 Å². The molecule has 0 bridgehead atoms. The van der Waals surface area contributed by atoms with Gasteiger partial charge in [-0.15, -0.1) is 0 Å².